The Bertz CT molecular complexity index is 3580. The predicted octanol–water partition coefficient (Wildman–Crippen LogP) is 14.7. The quantitative estimate of drug-likeness (QED) is 0.171. The van der Waals surface area contributed by atoms with Crippen molar-refractivity contribution in [1.29, 1.82) is 0 Å². The van der Waals surface area contributed by atoms with E-state index in [4.69, 9.17) is 9.98 Å². The lowest BCUT2D eigenvalue weighted by molar-refractivity contribution is 1.08. The largest absolute Gasteiger partial charge is 0.308 e. The molecule has 0 N–H and O–H groups in total. The molecule has 2 aromatic heterocycles. The summed E-state index contributed by atoms with van der Waals surface area (Å²) >= 11 is 1.85. The molecule has 1 aliphatic heterocycles. The smallest absolute Gasteiger partial charge is 0.162 e. The lowest BCUT2D eigenvalue weighted by Gasteiger charge is -2.19. The van der Waals surface area contributed by atoms with Gasteiger partial charge in [-0.25, -0.2) is 9.98 Å². The number of fused-ring (bicyclic) bond motifs is 9. The number of amidine groups is 1. The average molecular weight is 758 g/mol. The summed E-state index contributed by atoms with van der Waals surface area (Å²) in [4.78, 5) is 11.3. The van der Waals surface area contributed by atoms with Gasteiger partial charge in [-0.05, 0) is 99.3 Å². The lowest BCUT2D eigenvalue weighted by Crippen LogP contribution is -2.12. The first-order valence-electron chi connectivity index (χ1n) is 20.0. The van der Waals surface area contributed by atoms with Crippen LogP contribution in [0.25, 0.3) is 85.7 Å². The van der Waals surface area contributed by atoms with Crippen molar-refractivity contribution in [2.75, 3.05) is 0 Å². The second-order valence-corrected chi connectivity index (χ2v) is 16.3. The molecule has 12 rings (SSSR count). The highest BCUT2D eigenvalue weighted by Crippen LogP contribution is 2.44. The first-order valence-corrected chi connectivity index (χ1v) is 20.8. The molecule has 9 aromatic carbocycles. The number of allylic oxidation sites excluding steroid dienone is 1. The third-order valence-electron chi connectivity index (χ3n) is 11.8. The van der Waals surface area contributed by atoms with E-state index in [0.29, 0.717) is 5.84 Å². The van der Waals surface area contributed by atoms with E-state index in [2.05, 4.69) is 193 Å². The van der Waals surface area contributed by atoms with Crippen LogP contribution >= 0.6 is 11.3 Å². The van der Waals surface area contributed by atoms with Crippen molar-refractivity contribution in [2.45, 2.75) is 12.8 Å². The van der Waals surface area contributed by atoms with Gasteiger partial charge in [-0.1, -0.05) is 140 Å². The average Bonchev–Trinajstić information content (AvgIpc) is 3.80. The first kappa shape index (κ1) is 33.0. The van der Waals surface area contributed by atoms with Crippen molar-refractivity contribution in [2.24, 2.45) is 9.98 Å². The van der Waals surface area contributed by atoms with Gasteiger partial charge >= 0.3 is 0 Å². The number of nitrogens with zero attached hydrogens (tertiary/aromatic N) is 3. The molecule has 1 aliphatic rings. The van der Waals surface area contributed by atoms with Crippen LogP contribution in [0, 0.1) is 0 Å². The van der Waals surface area contributed by atoms with Gasteiger partial charge in [-0.2, -0.15) is 0 Å². The molecule has 11 aromatic rings. The highest BCUT2D eigenvalue weighted by molar-refractivity contribution is 7.25. The molecule has 0 atom stereocenters. The molecule has 0 radical (unpaired) electrons. The van der Waals surface area contributed by atoms with Crippen LogP contribution in [0.2, 0.25) is 0 Å². The monoisotopic (exact) mass is 757 g/mol. The van der Waals surface area contributed by atoms with Gasteiger partial charge in [-0.3, -0.25) is 0 Å². The fraction of sp³-hybridized carbons (Fsp3) is 0.0370. The molecule has 58 heavy (non-hydrogen) atoms. The van der Waals surface area contributed by atoms with E-state index in [1.54, 1.807) is 0 Å². The molecule has 0 saturated carbocycles. The SMILES string of the molecule is C1=C(c2ccc3ccccc3c2)N=C(c2ccc3sc4ccccc4c3c2-n2c3ccccc3c3cc4ccccc4cc32)N=C(c2ccc3ccccc3c2)CC1. The maximum Gasteiger partial charge on any atom is 0.162 e. The molecule has 0 fully saturated rings. The standard InChI is InChI=1S/C54H35N3S/c1-3-14-36-30-40(26-24-34(36)12-1)46-20-11-21-47(41-27-25-35-13-2-4-15-37(35)31-41)56-54(55-46)44-28-29-51-52(43-19-8-10-23-50(43)58-51)53(44)57-48-22-9-7-18-42(48)45-32-38-16-5-6-17-39(38)33-49(45)57/h1-10,12-20,22-33H,11,21H2. The minimum absolute atomic E-state index is 0.709. The fourth-order valence-corrected chi connectivity index (χ4v) is 10.2. The van der Waals surface area contributed by atoms with Gasteiger partial charge in [0.15, 0.2) is 5.84 Å². The van der Waals surface area contributed by atoms with Crippen LogP contribution in [0.15, 0.2) is 198 Å². The second kappa shape index (κ2) is 13.2. The van der Waals surface area contributed by atoms with Crippen molar-refractivity contribution in [3.8, 4) is 5.69 Å². The highest BCUT2D eigenvalue weighted by atomic mass is 32.1. The van der Waals surface area contributed by atoms with Crippen molar-refractivity contribution in [3.05, 3.63) is 205 Å². The van der Waals surface area contributed by atoms with E-state index in [0.717, 1.165) is 52.1 Å². The zero-order chi connectivity index (χ0) is 38.2. The van der Waals surface area contributed by atoms with Crippen LogP contribution in [-0.4, -0.2) is 16.1 Å². The lowest BCUT2D eigenvalue weighted by atomic mass is 9.98. The van der Waals surface area contributed by atoms with Crippen LogP contribution in [0.1, 0.15) is 29.5 Å². The summed E-state index contributed by atoms with van der Waals surface area (Å²) in [6, 6.07) is 66.2. The molecule has 0 aliphatic carbocycles. The molecule has 0 bridgehead atoms. The summed E-state index contributed by atoms with van der Waals surface area (Å²) in [5.74, 6) is 0.709. The zero-order valence-electron chi connectivity index (χ0n) is 31.6. The Balaban J connectivity index is 1.20. The van der Waals surface area contributed by atoms with E-state index in [1.807, 2.05) is 11.3 Å². The summed E-state index contributed by atoms with van der Waals surface area (Å²) in [6.07, 6.45) is 3.92. The number of benzene rings is 9. The fourth-order valence-electron chi connectivity index (χ4n) is 9.05. The van der Waals surface area contributed by atoms with Gasteiger partial charge in [0.25, 0.3) is 0 Å². The minimum Gasteiger partial charge on any atom is -0.308 e. The molecule has 3 heterocycles. The molecular formula is C54H35N3S. The number of para-hydroxylation sites is 1. The Morgan fingerprint density at radius 3 is 1.84 bits per heavy atom. The molecule has 0 spiro atoms. The Morgan fingerprint density at radius 1 is 0.448 bits per heavy atom. The van der Waals surface area contributed by atoms with Gasteiger partial charge in [0, 0.05) is 42.1 Å². The molecule has 0 saturated heterocycles. The van der Waals surface area contributed by atoms with Crippen molar-refractivity contribution in [3.63, 3.8) is 0 Å². The van der Waals surface area contributed by atoms with E-state index >= 15 is 0 Å². The number of thiophene rings is 1. The van der Waals surface area contributed by atoms with Crippen molar-refractivity contribution >= 4 is 103 Å². The van der Waals surface area contributed by atoms with Gasteiger partial charge in [0.1, 0.15) is 0 Å². The maximum absolute atomic E-state index is 5.69. The van der Waals surface area contributed by atoms with Gasteiger partial charge < -0.3 is 4.57 Å². The minimum atomic E-state index is 0.709. The summed E-state index contributed by atoms with van der Waals surface area (Å²) in [5, 5.41) is 12.2. The van der Waals surface area contributed by atoms with E-state index in [-0.39, 0.29) is 0 Å². The van der Waals surface area contributed by atoms with Gasteiger partial charge in [-0.15, -0.1) is 11.3 Å². The third kappa shape index (κ3) is 5.33. The zero-order valence-corrected chi connectivity index (χ0v) is 32.4. The normalized spacial score (nSPS) is 13.7. The number of rotatable bonds is 4. The Labute approximate surface area is 339 Å². The summed E-state index contributed by atoms with van der Waals surface area (Å²) < 4.78 is 5.00. The van der Waals surface area contributed by atoms with E-state index < -0.39 is 0 Å². The topological polar surface area (TPSA) is 29.6 Å². The highest BCUT2D eigenvalue weighted by Gasteiger charge is 2.24. The number of aliphatic imine (C=N–C) groups is 2. The molecule has 4 heteroatoms. The molecule has 272 valence electrons. The molecule has 0 amide bonds. The number of aromatic nitrogens is 1. The summed E-state index contributed by atoms with van der Waals surface area (Å²) in [5.41, 5.74) is 8.62. The second-order valence-electron chi connectivity index (χ2n) is 15.2. The number of hydrogen-bond donors (Lipinski definition) is 0. The Morgan fingerprint density at radius 2 is 1.07 bits per heavy atom. The van der Waals surface area contributed by atoms with Crippen LogP contribution < -0.4 is 0 Å². The van der Waals surface area contributed by atoms with Crippen LogP contribution in [0.5, 0.6) is 0 Å². The summed E-state index contributed by atoms with van der Waals surface area (Å²) in [6.45, 7) is 0. The predicted molar refractivity (Wildman–Crippen MR) is 249 cm³/mol. The van der Waals surface area contributed by atoms with Crippen LogP contribution in [0.3, 0.4) is 0 Å². The van der Waals surface area contributed by atoms with Crippen molar-refractivity contribution in [1.82, 2.24) is 4.57 Å². The van der Waals surface area contributed by atoms with E-state index in [1.165, 1.54) is 68.8 Å². The van der Waals surface area contributed by atoms with Gasteiger partial charge in [0.05, 0.1) is 28.1 Å². The Kier molecular flexibility index (Phi) is 7.54. The third-order valence-corrected chi connectivity index (χ3v) is 13.0. The van der Waals surface area contributed by atoms with Gasteiger partial charge in [0.2, 0.25) is 0 Å². The van der Waals surface area contributed by atoms with Crippen LogP contribution in [0.4, 0.5) is 0 Å². The number of hydrogen-bond acceptors (Lipinski definition) is 3. The Hall–Kier alpha value is -7.14. The van der Waals surface area contributed by atoms with Crippen molar-refractivity contribution < 1.29 is 0 Å². The first-order chi connectivity index (χ1) is 28.7. The summed E-state index contributed by atoms with van der Waals surface area (Å²) in [7, 11) is 0. The van der Waals surface area contributed by atoms with Crippen LogP contribution in [-0.2, 0) is 0 Å². The molecular weight excluding hydrogens is 723 g/mol. The van der Waals surface area contributed by atoms with E-state index in [9.17, 15) is 0 Å². The molecule has 3 nitrogen and oxygen atoms in total. The maximum atomic E-state index is 5.69. The molecule has 0 unspecified atom stereocenters.